The minimum atomic E-state index is -0.909. The second-order valence-corrected chi connectivity index (χ2v) is 7.17. The van der Waals surface area contributed by atoms with Crippen molar-refractivity contribution < 1.29 is 57.2 Å². The summed E-state index contributed by atoms with van der Waals surface area (Å²) < 4.78 is 30.0. The highest BCUT2D eigenvalue weighted by molar-refractivity contribution is 5.91. The molecule has 0 radical (unpaired) electrons. The minimum Gasteiger partial charge on any atom is -0.493 e. The van der Waals surface area contributed by atoms with Crippen molar-refractivity contribution in [1.82, 2.24) is 0 Å². The molecule has 0 spiro atoms. The number of hydrogen-bond acceptors (Lipinski definition) is 12. The van der Waals surface area contributed by atoms with Gasteiger partial charge in [0.1, 0.15) is 25.8 Å². The molecule has 0 aliphatic heterocycles. The fourth-order valence-corrected chi connectivity index (χ4v) is 2.73. The summed E-state index contributed by atoms with van der Waals surface area (Å²) in [5, 5.41) is 0. The van der Waals surface area contributed by atoms with E-state index in [-0.39, 0.29) is 49.1 Å². The van der Waals surface area contributed by atoms with Gasteiger partial charge >= 0.3 is 23.9 Å². The number of rotatable bonds is 14. The number of hydrogen-bond donors (Lipinski definition) is 0. The van der Waals surface area contributed by atoms with Crippen molar-refractivity contribution in [3.05, 3.63) is 59.7 Å². The Labute approximate surface area is 217 Å². The van der Waals surface area contributed by atoms with Crippen LogP contribution in [0, 0.1) is 0 Å². The van der Waals surface area contributed by atoms with Gasteiger partial charge in [0.15, 0.2) is 23.0 Å². The Morgan fingerprint density at radius 3 is 1.37 bits per heavy atom. The third-order valence-corrected chi connectivity index (χ3v) is 4.55. The van der Waals surface area contributed by atoms with Gasteiger partial charge in [-0.15, -0.1) is 0 Å². The lowest BCUT2D eigenvalue weighted by Crippen LogP contribution is -2.14. The average molecular weight is 528 g/mol. The molecule has 200 valence electrons. The molecule has 0 bridgehead atoms. The van der Waals surface area contributed by atoms with Gasteiger partial charge < -0.3 is 28.4 Å². The van der Waals surface area contributed by atoms with Crippen LogP contribution in [-0.2, 0) is 28.7 Å². The Hall–Kier alpha value is -5.00. The van der Waals surface area contributed by atoms with Crippen LogP contribution in [0.4, 0.5) is 0 Å². The van der Waals surface area contributed by atoms with Gasteiger partial charge in [-0.1, -0.05) is 0 Å². The van der Waals surface area contributed by atoms with Gasteiger partial charge in [0.2, 0.25) is 0 Å². The molecule has 2 aromatic rings. The molecule has 0 amide bonds. The van der Waals surface area contributed by atoms with Crippen LogP contribution in [0.5, 0.6) is 23.0 Å². The molecule has 0 atom stereocenters. The van der Waals surface area contributed by atoms with Crippen LogP contribution in [0.3, 0.4) is 0 Å². The molecular formula is C26H24O12. The van der Waals surface area contributed by atoms with Crippen molar-refractivity contribution in [2.24, 2.45) is 0 Å². The van der Waals surface area contributed by atoms with Gasteiger partial charge in [0.05, 0.1) is 27.1 Å². The van der Waals surface area contributed by atoms with Gasteiger partial charge in [-0.25, -0.2) is 9.59 Å². The van der Waals surface area contributed by atoms with E-state index in [0.29, 0.717) is 23.7 Å². The van der Waals surface area contributed by atoms with E-state index in [2.05, 4.69) is 0 Å². The van der Waals surface area contributed by atoms with Gasteiger partial charge in [-0.05, 0) is 36.4 Å². The average Bonchev–Trinajstić information content (AvgIpc) is 2.92. The molecule has 2 aromatic carbocycles. The fraction of sp³-hybridized carbons (Fsp3) is 0.231. The number of carbonyl (C=O) groups excluding carboxylic acids is 6. The first-order valence-electron chi connectivity index (χ1n) is 11.0. The second-order valence-electron chi connectivity index (χ2n) is 7.17. The zero-order valence-electron chi connectivity index (χ0n) is 20.5. The molecule has 0 aliphatic rings. The summed E-state index contributed by atoms with van der Waals surface area (Å²) in [6, 6.07) is 8.46. The first kappa shape index (κ1) is 29.2. The van der Waals surface area contributed by atoms with Gasteiger partial charge in [0, 0.05) is 23.3 Å². The molecule has 0 saturated carbocycles. The molecule has 12 heteroatoms. The van der Waals surface area contributed by atoms with E-state index >= 15 is 0 Å². The van der Waals surface area contributed by atoms with Crippen LogP contribution in [-0.4, -0.2) is 63.9 Å². The van der Waals surface area contributed by atoms with E-state index in [1.165, 1.54) is 50.6 Å². The van der Waals surface area contributed by atoms with Crippen molar-refractivity contribution >= 4 is 36.4 Å². The van der Waals surface area contributed by atoms with Gasteiger partial charge in [-0.2, -0.15) is 0 Å². The summed E-state index contributed by atoms with van der Waals surface area (Å²) >= 11 is 0. The number of carbonyl (C=O) groups is 6. The predicted octanol–water partition coefficient (Wildman–Crippen LogP) is 2.26. The molecular weight excluding hydrogens is 504 g/mol. The molecule has 0 heterocycles. The maximum Gasteiger partial charge on any atom is 0.331 e. The number of esters is 4. The minimum absolute atomic E-state index is 0.0934. The van der Waals surface area contributed by atoms with E-state index < -0.39 is 23.9 Å². The van der Waals surface area contributed by atoms with E-state index in [4.69, 9.17) is 28.4 Å². The quantitative estimate of drug-likeness (QED) is 0.153. The van der Waals surface area contributed by atoms with Crippen LogP contribution >= 0.6 is 0 Å². The Morgan fingerprint density at radius 1 is 0.632 bits per heavy atom. The third kappa shape index (κ3) is 9.57. The Balaban J connectivity index is 1.68. The first-order valence-corrected chi connectivity index (χ1v) is 11.0. The molecule has 0 aromatic heterocycles. The number of methoxy groups -OCH3 is 2. The largest absolute Gasteiger partial charge is 0.493 e. The van der Waals surface area contributed by atoms with Gasteiger partial charge in [-0.3, -0.25) is 19.2 Å². The molecule has 0 fully saturated rings. The van der Waals surface area contributed by atoms with E-state index in [9.17, 15) is 28.8 Å². The van der Waals surface area contributed by atoms with Crippen LogP contribution in [0.1, 0.15) is 33.6 Å². The summed E-state index contributed by atoms with van der Waals surface area (Å²) in [5.74, 6) is -2.71. The zero-order valence-corrected chi connectivity index (χ0v) is 20.5. The molecule has 0 aliphatic carbocycles. The van der Waals surface area contributed by atoms with Gasteiger partial charge in [0.25, 0.3) is 0 Å². The van der Waals surface area contributed by atoms with Crippen molar-refractivity contribution in [2.45, 2.75) is 12.8 Å². The van der Waals surface area contributed by atoms with Crippen molar-refractivity contribution in [1.29, 1.82) is 0 Å². The Kier molecular flexibility index (Phi) is 11.7. The lowest BCUT2D eigenvalue weighted by Gasteiger charge is -2.09. The fourth-order valence-electron chi connectivity index (χ4n) is 2.73. The van der Waals surface area contributed by atoms with Crippen LogP contribution in [0.15, 0.2) is 48.6 Å². The predicted molar refractivity (Wildman–Crippen MR) is 128 cm³/mol. The lowest BCUT2D eigenvalue weighted by atomic mass is 10.2. The molecule has 2 rings (SSSR count). The third-order valence-electron chi connectivity index (χ3n) is 4.55. The smallest absolute Gasteiger partial charge is 0.331 e. The highest BCUT2D eigenvalue weighted by Gasteiger charge is 2.13. The molecule has 38 heavy (non-hydrogen) atoms. The normalized spacial score (nSPS) is 10.3. The Bertz CT molecular complexity index is 1120. The highest BCUT2D eigenvalue weighted by Crippen LogP contribution is 2.28. The monoisotopic (exact) mass is 528 g/mol. The summed E-state index contributed by atoms with van der Waals surface area (Å²) in [6.07, 6.45) is 2.25. The number of ether oxygens (including phenoxy) is 6. The van der Waals surface area contributed by atoms with Crippen molar-refractivity contribution in [2.75, 3.05) is 27.4 Å². The van der Waals surface area contributed by atoms with E-state index in [1.54, 1.807) is 0 Å². The lowest BCUT2D eigenvalue weighted by molar-refractivity contribution is -0.144. The first-order chi connectivity index (χ1) is 18.3. The topological polar surface area (TPSA) is 158 Å². The second kappa shape index (κ2) is 15.2. The maximum absolute atomic E-state index is 11.9. The Morgan fingerprint density at radius 2 is 1.03 bits per heavy atom. The SMILES string of the molecule is COc1cc(C=O)ccc1OC(=O)CCOC(=O)/C=C\C(=O)OCCC(=O)Oc1ccc(C=O)cc1OC. The summed E-state index contributed by atoms with van der Waals surface area (Å²) in [6.45, 7) is -0.649. The highest BCUT2D eigenvalue weighted by atomic mass is 16.6. The van der Waals surface area contributed by atoms with E-state index in [0.717, 1.165) is 12.2 Å². The molecule has 0 saturated heterocycles. The van der Waals surface area contributed by atoms with Crippen LogP contribution in [0.25, 0.3) is 0 Å². The summed E-state index contributed by atoms with van der Waals surface area (Å²) in [4.78, 5) is 69.0. The number of benzene rings is 2. The van der Waals surface area contributed by atoms with E-state index in [1.807, 2.05) is 0 Å². The van der Waals surface area contributed by atoms with Crippen LogP contribution < -0.4 is 18.9 Å². The zero-order chi connectivity index (χ0) is 27.9. The maximum atomic E-state index is 11.9. The molecule has 12 nitrogen and oxygen atoms in total. The standard InChI is InChI=1S/C26H24O12/c1-33-21-13-17(15-27)3-5-19(21)37-25(31)9-11-35-23(29)7-8-24(30)36-12-10-26(32)38-20-6-4-18(16-28)14-22(20)34-2/h3-8,13-16H,9-12H2,1-2H3/b8-7-. The molecule has 0 N–H and O–H groups in total. The summed E-state index contributed by atoms with van der Waals surface area (Å²) in [5.41, 5.74) is 0.674. The number of aldehydes is 2. The van der Waals surface area contributed by atoms with Crippen LogP contribution in [0.2, 0.25) is 0 Å². The van der Waals surface area contributed by atoms with Crippen molar-refractivity contribution in [3.8, 4) is 23.0 Å². The molecule has 0 unspecified atom stereocenters. The summed E-state index contributed by atoms with van der Waals surface area (Å²) in [7, 11) is 2.69. The van der Waals surface area contributed by atoms with Crippen molar-refractivity contribution in [3.63, 3.8) is 0 Å².